The fourth-order valence-corrected chi connectivity index (χ4v) is 4.05. The molecule has 0 saturated carbocycles. The average Bonchev–Trinajstić information content (AvgIpc) is 3.30. The highest BCUT2D eigenvalue weighted by Crippen LogP contribution is 2.27. The lowest BCUT2D eigenvalue weighted by Gasteiger charge is -2.34. The van der Waals surface area contributed by atoms with E-state index in [0.717, 1.165) is 22.4 Å². The quantitative estimate of drug-likeness (QED) is 0.424. The SMILES string of the molecule is CCN(N=Cc1ccccc1C1=CNOC1CN1CCN(CC(=O)O)C(=O)C1)c1ccncc1. The summed E-state index contributed by atoms with van der Waals surface area (Å²) in [5, 5.41) is 15.5. The number of pyridine rings is 1. The van der Waals surface area contributed by atoms with Crippen LogP contribution in [0, 0.1) is 0 Å². The van der Waals surface area contributed by atoms with E-state index in [4.69, 9.17) is 9.94 Å². The monoisotopic (exact) mass is 464 g/mol. The average molecular weight is 465 g/mol. The third-order valence-corrected chi connectivity index (χ3v) is 5.79. The molecule has 1 atom stereocenters. The molecule has 1 aromatic heterocycles. The maximum atomic E-state index is 12.3. The summed E-state index contributed by atoms with van der Waals surface area (Å²) in [4.78, 5) is 36.5. The molecule has 34 heavy (non-hydrogen) atoms. The Morgan fingerprint density at radius 2 is 2.09 bits per heavy atom. The van der Waals surface area contributed by atoms with Gasteiger partial charge in [0.05, 0.1) is 18.4 Å². The molecule has 2 aromatic rings. The molecule has 4 rings (SSSR count). The van der Waals surface area contributed by atoms with Gasteiger partial charge in [0.15, 0.2) is 0 Å². The molecule has 2 aliphatic heterocycles. The van der Waals surface area contributed by atoms with E-state index in [1.54, 1.807) is 12.4 Å². The topological polar surface area (TPSA) is 111 Å². The number of aromatic nitrogens is 1. The van der Waals surface area contributed by atoms with Crippen LogP contribution < -0.4 is 10.5 Å². The van der Waals surface area contributed by atoms with Gasteiger partial charge in [-0.1, -0.05) is 24.3 Å². The molecule has 10 nitrogen and oxygen atoms in total. The van der Waals surface area contributed by atoms with Gasteiger partial charge >= 0.3 is 5.97 Å². The first-order valence-corrected chi connectivity index (χ1v) is 11.2. The molecule has 2 N–H and O–H groups in total. The number of anilines is 1. The first-order chi connectivity index (χ1) is 16.5. The molecule has 2 aliphatic rings. The van der Waals surface area contributed by atoms with Crippen molar-refractivity contribution in [2.75, 3.05) is 44.3 Å². The van der Waals surface area contributed by atoms with Crippen molar-refractivity contribution in [3.05, 3.63) is 66.1 Å². The maximum Gasteiger partial charge on any atom is 0.323 e. The van der Waals surface area contributed by atoms with Crippen LogP contribution in [0.2, 0.25) is 0 Å². The normalized spacial score (nSPS) is 18.7. The third kappa shape index (κ3) is 5.59. The van der Waals surface area contributed by atoms with E-state index in [1.165, 1.54) is 4.90 Å². The molecular weight excluding hydrogens is 436 g/mol. The van der Waals surface area contributed by atoms with Gasteiger partial charge in [0.25, 0.3) is 0 Å². The minimum Gasteiger partial charge on any atom is -0.480 e. The highest BCUT2D eigenvalue weighted by molar-refractivity contribution is 5.90. The van der Waals surface area contributed by atoms with E-state index in [2.05, 4.69) is 15.6 Å². The van der Waals surface area contributed by atoms with E-state index in [9.17, 15) is 9.59 Å². The molecule has 1 saturated heterocycles. The van der Waals surface area contributed by atoms with Crippen molar-refractivity contribution >= 4 is 29.4 Å². The van der Waals surface area contributed by atoms with Gasteiger partial charge in [0, 0.05) is 55.9 Å². The smallest absolute Gasteiger partial charge is 0.323 e. The number of hydrogen-bond acceptors (Lipinski definition) is 8. The predicted octanol–water partition coefficient (Wildman–Crippen LogP) is 1.42. The summed E-state index contributed by atoms with van der Waals surface area (Å²) < 4.78 is 0. The van der Waals surface area contributed by atoms with Crippen LogP contribution in [0.15, 0.2) is 60.1 Å². The van der Waals surface area contributed by atoms with Gasteiger partial charge in [-0.25, -0.2) is 0 Å². The summed E-state index contributed by atoms with van der Waals surface area (Å²) in [5.74, 6) is -1.19. The van der Waals surface area contributed by atoms with Crippen LogP contribution in [0.4, 0.5) is 5.69 Å². The Bertz CT molecular complexity index is 1070. The molecule has 3 heterocycles. The molecule has 1 unspecified atom stereocenters. The van der Waals surface area contributed by atoms with E-state index in [1.807, 2.05) is 65.6 Å². The van der Waals surface area contributed by atoms with Gasteiger partial charge in [-0.3, -0.25) is 34.8 Å². The Labute approximate surface area is 198 Å². The summed E-state index contributed by atoms with van der Waals surface area (Å²) in [5.41, 5.74) is 6.72. The largest absolute Gasteiger partial charge is 0.480 e. The summed E-state index contributed by atoms with van der Waals surface area (Å²) in [6, 6.07) is 11.8. The number of hydrazone groups is 1. The summed E-state index contributed by atoms with van der Waals surface area (Å²) in [7, 11) is 0. The van der Waals surface area contributed by atoms with Crippen LogP contribution in [0.25, 0.3) is 5.57 Å². The lowest BCUT2D eigenvalue weighted by Crippen LogP contribution is -2.53. The number of benzene rings is 1. The molecule has 0 radical (unpaired) electrons. The van der Waals surface area contributed by atoms with Crippen LogP contribution in [-0.4, -0.2) is 83.4 Å². The van der Waals surface area contributed by atoms with Crippen LogP contribution in [0.5, 0.6) is 0 Å². The summed E-state index contributed by atoms with van der Waals surface area (Å²) in [6.45, 7) is 4.13. The predicted molar refractivity (Wildman–Crippen MR) is 128 cm³/mol. The number of piperazine rings is 1. The van der Waals surface area contributed by atoms with Gasteiger partial charge in [-0.2, -0.15) is 5.10 Å². The highest BCUT2D eigenvalue weighted by Gasteiger charge is 2.31. The zero-order chi connectivity index (χ0) is 23.9. The lowest BCUT2D eigenvalue weighted by molar-refractivity contribution is -0.147. The van der Waals surface area contributed by atoms with E-state index in [-0.39, 0.29) is 25.1 Å². The van der Waals surface area contributed by atoms with E-state index < -0.39 is 5.97 Å². The van der Waals surface area contributed by atoms with Crippen molar-refractivity contribution in [3.8, 4) is 0 Å². The highest BCUT2D eigenvalue weighted by atomic mass is 16.7. The van der Waals surface area contributed by atoms with Crippen LogP contribution >= 0.6 is 0 Å². The lowest BCUT2D eigenvalue weighted by atomic mass is 9.96. The number of nitrogens with zero attached hydrogens (tertiary/aromatic N) is 5. The zero-order valence-electron chi connectivity index (χ0n) is 19.0. The Hall–Kier alpha value is -3.76. The second kappa shape index (κ2) is 10.9. The van der Waals surface area contributed by atoms with Crippen molar-refractivity contribution < 1.29 is 19.5 Å². The second-order valence-corrected chi connectivity index (χ2v) is 8.02. The minimum absolute atomic E-state index is 0.168. The van der Waals surface area contributed by atoms with Gasteiger partial charge in [0.2, 0.25) is 5.91 Å². The van der Waals surface area contributed by atoms with Crippen LogP contribution in [-0.2, 0) is 14.4 Å². The van der Waals surface area contributed by atoms with Gasteiger partial charge < -0.3 is 10.0 Å². The van der Waals surface area contributed by atoms with Crippen molar-refractivity contribution in [2.45, 2.75) is 13.0 Å². The van der Waals surface area contributed by atoms with Crippen molar-refractivity contribution in [2.24, 2.45) is 5.10 Å². The molecule has 10 heteroatoms. The first kappa shape index (κ1) is 23.4. The number of amides is 1. The number of carboxylic acid groups (broad SMARTS) is 1. The molecule has 1 amide bonds. The number of aliphatic carboxylic acids is 1. The minimum atomic E-state index is -1.00. The van der Waals surface area contributed by atoms with Crippen LogP contribution in [0.3, 0.4) is 0 Å². The molecule has 1 aromatic carbocycles. The number of hydrogen-bond donors (Lipinski definition) is 2. The molecule has 178 valence electrons. The number of carboxylic acids is 1. The van der Waals surface area contributed by atoms with Crippen molar-refractivity contribution in [3.63, 3.8) is 0 Å². The Kier molecular flexibility index (Phi) is 7.51. The maximum absolute atomic E-state index is 12.3. The van der Waals surface area contributed by atoms with E-state index in [0.29, 0.717) is 26.2 Å². The van der Waals surface area contributed by atoms with Gasteiger partial charge in [0.1, 0.15) is 12.6 Å². The first-order valence-electron chi connectivity index (χ1n) is 11.2. The zero-order valence-corrected chi connectivity index (χ0v) is 19.0. The summed E-state index contributed by atoms with van der Waals surface area (Å²) >= 11 is 0. The Balaban J connectivity index is 1.46. The number of carbonyl (C=O) groups is 2. The standard InChI is InChI=1S/C24H28N6O4/c1-2-30(19-7-9-25-10-8-19)26-13-18-5-3-4-6-20(18)21-14-27-34-22(21)15-28-11-12-29(17-24(32)33)23(31)16-28/h3-10,13-14,22,27H,2,11-12,15-17H2,1H3,(H,32,33). The summed E-state index contributed by atoms with van der Waals surface area (Å²) in [6.07, 6.45) is 6.87. The van der Waals surface area contributed by atoms with Crippen molar-refractivity contribution in [1.82, 2.24) is 20.3 Å². The Morgan fingerprint density at radius 3 is 2.82 bits per heavy atom. The molecule has 0 spiro atoms. The molecule has 1 fully saturated rings. The van der Waals surface area contributed by atoms with Gasteiger partial charge in [-0.15, -0.1) is 0 Å². The molecular formula is C24H28N6O4. The van der Waals surface area contributed by atoms with Crippen LogP contribution in [0.1, 0.15) is 18.1 Å². The second-order valence-electron chi connectivity index (χ2n) is 8.02. The van der Waals surface area contributed by atoms with Gasteiger partial charge in [-0.05, 0) is 24.6 Å². The number of carbonyl (C=O) groups excluding carboxylic acids is 1. The molecule has 0 bridgehead atoms. The Morgan fingerprint density at radius 1 is 1.29 bits per heavy atom. The third-order valence-electron chi connectivity index (χ3n) is 5.79. The number of nitrogens with one attached hydrogen (secondary N) is 1. The van der Waals surface area contributed by atoms with E-state index >= 15 is 0 Å². The number of hydroxylamine groups is 1. The number of rotatable bonds is 9. The fraction of sp³-hybridized carbons (Fsp3) is 0.333. The van der Waals surface area contributed by atoms with Crippen molar-refractivity contribution in [1.29, 1.82) is 0 Å². The fourth-order valence-electron chi connectivity index (χ4n) is 4.05. The molecule has 0 aliphatic carbocycles.